The number of nitrogens with two attached hydrogens (primary N) is 1. The molecule has 6 nitrogen and oxygen atoms in total. The fourth-order valence-corrected chi connectivity index (χ4v) is 3.35. The molecule has 1 aromatic heterocycles. The third-order valence-corrected chi connectivity index (χ3v) is 4.88. The van der Waals surface area contributed by atoms with Crippen molar-refractivity contribution in [2.45, 2.75) is 6.61 Å². The molecule has 0 fully saturated rings. The molecule has 7 heteroatoms. The van der Waals surface area contributed by atoms with E-state index >= 15 is 0 Å². The van der Waals surface area contributed by atoms with Gasteiger partial charge in [-0.25, -0.2) is 9.59 Å². The van der Waals surface area contributed by atoms with Crippen LogP contribution in [0.15, 0.2) is 48.5 Å². The summed E-state index contributed by atoms with van der Waals surface area (Å²) in [7, 11) is 1.31. The molecule has 0 saturated heterocycles. The van der Waals surface area contributed by atoms with Crippen LogP contribution in [0.25, 0.3) is 10.1 Å². The summed E-state index contributed by atoms with van der Waals surface area (Å²) in [5, 5.41) is 8.33. The van der Waals surface area contributed by atoms with Crippen LogP contribution in [0.2, 0.25) is 0 Å². The van der Waals surface area contributed by atoms with Crippen LogP contribution in [0.3, 0.4) is 0 Å². The lowest BCUT2D eigenvalue weighted by Crippen LogP contribution is -2.08. The van der Waals surface area contributed by atoms with Gasteiger partial charge in [0.2, 0.25) is 0 Å². The van der Waals surface area contributed by atoms with Crippen LogP contribution in [0.1, 0.15) is 31.2 Å². The number of carbonyl (C=O) groups is 2. The summed E-state index contributed by atoms with van der Waals surface area (Å²) in [6.45, 7) is 0.0457. The Labute approximate surface area is 153 Å². The van der Waals surface area contributed by atoms with Gasteiger partial charge in [-0.15, -0.1) is 11.3 Å². The number of ether oxygens (including phenoxy) is 2. The molecule has 0 aliphatic rings. The fraction of sp³-hybridized carbons (Fsp3) is 0.105. The first kappa shape index (κ1) is 17.6. The highest BCUT2D eigenvalue weighted by Crippen LogP contribution is 2.26. The van der Waals surface area contributed by atoms with Gasteiger partial charge >= 0.3 is 11.9 Å². The normalized spacial score (nSPS) is 10.5. The lowest BCUT2D eigenvalue weighted by Gasteiger charge is -2.06. The first-order valence-electron chi connectivity index (χ1n) is 7.70. The van der Waals surface area contributed by atoms with Gasteiger partial charge in [0, 0.05) is 4.70 Å². The molecular formula is C19H16N2O4S. The first-order valence-corrected chi connectivity index (χ1v) is 8.52. The van der Waals surface area contributed by atoms with Crippen molar-refractivity contribution in [3.8, 4) is 0 Å². The zero-order valence-corrected chi connectivity index (χ0v) is 14.8. The molecule has 3 aromatic rings. The number of nitrogen functional groups attached to an aromatic ring is 1. The lowest BCUT2D eigenvalue weighted by atomic mass is 10.1. The number of benzene rings is 2. The third kappa shape index (κ3) is 3.73. The molecule has 0 aliphatic heterocycles. The molecule has 0 amide bonds. The van der Waals surface area contributed by atoms with Gasteiger partial charge in [0.05, 0.1) is 23.1 Å². The van der Waals surface area contributed by atoms with E-state index in [1.165, 1.54) is 18.4 Å². The highest BCUT2D eigenvalue weighted by molar-refractivity contribution is 7.20. The average molecular weight is 368 g/mol. The predicted molar refractivity (Wildman–Crippen MR) is 99.7 cm³/mol. The number of hydrogen-bond acceptors (Lipinski definition) is 6. The van der Waals surface area contributed by atoms with Crippen molar-refractivity contribution in [1.29, 1.82) is 5.41 Å². The summed E-state index contributed by atoms with van der Waals surface area (Å²) in [6, 6.07) is 13.7. The van der Waals surface area contributed by atoms with E-state index in [1.54, 1.807) is 48.5 Å². The van der Waals surface area contributed by atoms with Crippen molar-refractivity contribution >= 4 is 39.2 Å². The Bertz CT molecular complexity index is 1010. The van der Waals surface area contributed by atoms with Crippen LogP contribution >= 0.6 is 11.3 Å². The van der Waals surface area contributed by atoms with Crippen molar-refractivity contribution in [2.75, 3.05) is 7.11 Å². The van der Waals surface area contributed by atoms with Gasteiger partial charge in [-0.2, -0.15) is 0 Å². The molecule has 1 heterocycles. The number of methoxy groups -OCH3 is 1. The molecule has 0 bridgehead atoms. The highest BCUT2D eigenvalue weighted by Gasteiger charge is 2.12. The van der Waals surface area contributed by atoms with Crippen molar-refractivity contribution in [2.24, 2.45) is 5.73 Å². The summed E-state index contributed by atoms with van der Waals surface area (Å²) >= 11 is 1.40. The molecule has 0 radical (unpaired) electrons. The third-order valence-electron chi connectivity index (χ3n) is 3.74. The Balaban J connectivity index is 1.73. The molecule has 0 unspecified atom stereocenters. The lowest BCUT2D eigenvalue weighted by molar-refractivity contribution is 0.0473. The predicted octanol–water partition coefficient (Wildman–Crippen LogP) is 3.33. The number of fused-ring (bicyclic) bond motifs is 1. The van der Waals surface area contributed by atoms with Crippen molar-refractivity contribution in [1.82, 2.24) is 0 Å². The number of hydrogen-bond donors (Lipinski definition) is 2. The van der Waals surface area contributed by atoms with Crippen LogP contribution in [-0.4, -0.2) is 24.9 Å². The largest absolute Gasteiger partial charge is 0.465 e. The quantitative estimate of drug-likeness (QED) is 0.408. The average Bonchev–Trinajstić information content (AvgIpc) is 3.09. The Morgan fingerprint density at radius 1 is 1.08 bits per heavy atom. The number of rotatable bonds is 5. The van der Waals surface area contributed by atoms with Gasteiger partial charge in [0.25, 0.3) is 0 Å². The van der Waals surface area contributed by atoms with Crippen LogP contribution in [0.5, 0.6) is 0 Å². The van der Waals surface area contributed by atoms with E-state index in [0.717, 1.165) is 10.1 Å². The maximum Gasteiger partial charge on any atom is 0.338 e. The summed E-state index contributed by atoms with van der Waals surface area (Å²) in [5.74, 6) is -0.908. The van der Waals surface area contributed by atoms with Gasteiger partial charge in [-0.1, -0.05) is 12.1 Å². The van der Waals surface area contributed by atoms with Crippen molar-refractivity contribution in [3.05, 3.63) is 70.1 Å². The van der Waals surface area contributed by atoms with Crippen LogP contribution in [0.4, 0.5) is 0 Å². The van der Waals surface area contributed by atoms with Crippen LogP contribution < -0.4 is 5.73 Å². The van der Waals surface area contributed by atoms with Crippen LogP contribution in [0, 0.1) is 5.41 Å². The number of esters is 2. The molecule has 0 atom stereocenters. The van der Waals surface area contributed by atoms with E-state index in [-0.39, 0.29) is 12.4 Å². The van der Waals surface area contributed by atoms with Gasteiger partial charge in [-0.05, 0) is 47.3 Å². The highest BCUT2D eigenvalue weighted by atomic mass is 32.1. The van der Waals surface area contributed by atoms with E-state index in [4.69, 9.17) is 15.9 Å². The zero-order chi connectivity index (χ0) is 18.7. The van der Waals surface area contributed by atoms with Crippen LogP contribution in [-0.2, 0) is 16.1 Å². The second-order valence-corrected chi connectivity index (χ2v) is 6.63. The van der Waals surface area contributed by atoms with Gasteiger partial charge < -0.3 is 15.2 Å². The number of carbonyl (C=O) groups excluding carboxylic acids is 2. The summed E-state index contributed by atoms with van der Waals surface area (Å²) in [4.78, 5) is 24.5. The Morgan fingerprint density at radius 3 is 2.58 bits per heavy atom. The molecule has 3 rings (SSSR count). The zero-order valence-electron chi connectivity index (χ0n) is 13.9. The fourth-order valence-electron chi connectivity index (χ4n) is 2.44. The molecule has 3 N–H and O–H groups in total. The minimum atomic E-state index is -0.467. The molecule has 0 spiro atoms. The summed E-state index contributed by atoms with van der Waals surface area (Å²) in [6.07, 6.45) is 0. The van der Waals surface area contributed by atoms with Gasteiger partial charge in [0.15, 0.2) is 0 Å². The Hall–Kier alpha value is -3.19. The van der Waals surface area contributed by atoms with E-state index in [1.807, 2.05) is 0 Å². The maximum absolute atomic E-state index is 12.3. The maximum atomic E-state index is 12.3. The molecule has 132 valence electrons. The first-order chi connectivity index (χ1) is 12.5. The van der Waals surface area contributed by atoms with Gasteiger partial charge in [0.1, 0.15) is 12.4 Å². The number of nitrogens with one attached hydrogen (secondary N) is 1. The van der Waals surface area contributed by atoms with E-state index in [9.17, 15) is 9.59 Å². The van der Waals surface area contributed by atoms with E-state index < -0.39 is 11.9 Å². The second-order valence-electron chi connectivity index (χ2n) is 5.55. The standard InChI is InChI=1S/C19H16N2O4S/c1-24-18(22)12-4-2-3-11(7-12)10-25-19(23)13-5-6-15-14(8-13)9-16(26-15)17(20)21/h2-9H,10H2,1H3,(H3,20,21). The summed E-state index contributed by atoms with van der Waals surface area (Å²) < 4.78 is 10.9. The molecule has 0 aliphatic carbocycles. The van der Waals surface area contributed by atoms with E-state index in [2.05, 4.69) is 4.74 Å². The van der Waals surface area contributed by atoms with Gasteiger partial charge in [-0.3, -0.25) is 5.41 Å². The van der Waals surface area contributed by atoms with E-state index in [0.29, 0.717) is 21.6 Å². The SMILES string of the molecule is COC(=O)c1cccc(COC(=O)c2ccc3sc(C(=N)N)cc3c2)c1. The van der Waals surface area contributed by atoms with Crippen molar-refractivity contribution < 1.29 is 19.1 Å². The molecule has 2 aromatic carbocycles. The minimum absolute atomic E-state index is 0.000754. The Morgan fingerprint density at radius 2 is 1.85 bits per heavy atom. The summed E-state index contributed by atoms with van der Waals surface area (Å²) in [5.41, 5.74) is 7.00. The monoisotopic (exact) mass is 368 g/mol. The second kappa shape index (κ2) is 7.37. The number of amidine groups is 1. The number of thiophene rings is 1. The molecule has 26 heavy (non-hydrogen) atoms. The molecular weight excluding hydrogens is 352 g/mol. The Kier molecular flexibility index (Phi) is 4.99. The smallest absolute Gasteiger partial charge is 0.338 e. The topological polar surface area (TPSA) is 102 Å². The molecule has 0 saturated carbocycles. The van der Waals surface area contributed by atoms with Crippen molar-refractivity contribution in [3.63, 3.8) is 0 Å². The minimum Gasteiger partial charge on any atom is -0.465 e.